The molecule has 2 aromatic rings. The lowest BCUT2D eigenvalue weighted by Crippen LogP contribution is -1.97. The normalized spacial score (nSPS) is 10.4. The first-order chi connectivity index (χ1) is 9.19. The average molecular weight is 278 g/mol. The highest BCUT2D eigenvalue weighted by atomic mass is 35.5. The summed E-state index contributed by atoms with van der Waals surface area (Å²) in [6.45, 7) is 1.06. The molecule has 0 aromatic heterocycles. The first-order valence-corrected chi connectivity index (χ1v) is 6.31. The molecule has 0 heterocycles. The van der Waals surface area contributed by atoms with Gasteiger partial charge in [-0.25, -0.2) is 0 Å². The Morgan fingerprint density at radius 1 is 1.00 bits per heavy atom. The number of anilines is 1. The molecule has 0 aliphatic carbocycles. The van der Waals surface area contributed by atoms with E-state index in [4.69, 9.17) is 26.8 Å². The molecule has 0 amide bonds. The van der Waals surface area contributed by atoms with Gasteiger partial charge in [-0.05, 0) is 35.4 Å². The fourth-order valence-electron chi connectivity index (χ4n) is 1.74. The topological polar surface area (TPSA) is 44.5 Å². The van der Waals surface area contributed by atoms with Gasteiger partial charge in [0.1, 0.15) is 5.75 Å². The Labute approximate surface area is 117 Å². The number of methoxy groups -OCH3 is 1. The van der Waals surface area contributed by atoms with Gasteiger partial charge in [0, 0.05) is 5.02 Å². The summed E-state index contributed by atoms with van der Waals surface area (Å²) in [6.07, 6.45) is 0. The highest BCUT2D eigenvalue weighted by molar-refractivity contribution is 6.30. The summed E-state index contributed by atoms with van der Waals surface area (Å²) in [7, 11) is 1.60. The molecule has 0 unspecified atom stereocenters. The highest BCUT2D eigenvalue weighted by Crippen LogP contribution is 2.22. The van der Waals surface area contributed by atoms with Gasteiger partial charge in [-0.15, -0.1) is 0 Å². The number of rotatable bonds is 5. The Balaban J connectivity index is 1.88. The zero-order valence-electron chi connectivity index (χ0n) is 10.7. The fraction of sp³-hybridized carbons (Fsp3) is 0.200. The first kappa shape index (κ1) is 13.7. The Bertz CT molecular complexity index is 540. The summed E-state index contributed by atoms with van der Waals surface area (Å²) < 4.78 is 10.7. The van der Waals surface area contributed by atoms with Gasteiger partial charge in [-0.2, -0.15) is 0 Å². The van der Waals surface area contributed by atoms with Crippen LogP contribution in [0.1, 0.15) is 11.1 Å². The van der Waals surface area contributed by atoms with E-state index >= 15 is 0 Å². The molecule has 100 valence electrons. The van der Waals surface area contributed by atoms with Crippen molar-refractivity contribution < 1.29 is 9.47 Å². The monoisotopic (exact) mass is 277 g/mol. The number of benzene rings is 2. The second kappa shape index (κ2) is 6.45. The minimum Gasteiger partial charge on any atom is -0.495 e. The van der Waals surface area contributed by atoms with Crippen LogP contribution in [0.3, 0.4) is 0 Å². The van der Waals surface area contributed by atoms with Crippen LogP contribution in [0, 0.1) is 0 Å². The number of hydrogen-bond acceptors (Lipinski definition) is 3. The van der Waals surface area contributed by atoms with Gasteiger partial charge in [-0.3, -0.25) is 0 Å². The van der Waals surface area contributed by atoms with Crippen LogP contribution in [-0.2, 0) is 18.0 Å². The van der Waals surface area contributed by atoms with E-state index in [2.05, 4.69) is 0 Å². The van der Waals surface area contributed by atoms with Crippen molar-refractivity contribution in [1.29, 1.82) is 0 Å². The molecule has 0 radical (unpaired) electrons. The molecule has 0 atom stereocenters. The van der Waals surface area contributed by atoms with E-state index in [-0.39, 0.29) is 0 Å². The number of ether oxygens (including phenoxy) is 2. The van der Waals surface area contributed by atoms with Gasteiger partial charge in [0.2, 0.25) is 0 Å². The van der Waals surface area contributed by atoms with Gasteiger partial charge in [0.25, 0.3) is 0 Å². The predicted molar refractivity (Wildman–Crippen MR) is 77.4 cm³/mol. The van der Waals surface area contributed by atoms with Crippen molar-refractivity contribution in [2.24, 2.45) is 0 Å². The van der Waals surface area contributed by atoms with Crippen molar-refractivity contribution in [2.75, 3.05) is 12.8 Å². The number of hydrogen-bond donors (Lipinski definition) is 1. The molecule has 4 heteroatoms. The Kier molecular flexibility index (Phi) is 4.66. The number of halogens is 1. The molecular formula is C15H16ClNO2. The van der Waals surface area contributed by atoms with Crippen LogP contribution < -0.4 is 10.5 Å². The van der Waals surface area contributed by atoms with E-state index in [0.717, 1.165) is 16.1 Å². The van der Waals surface area contributed by atoms with Crippen molar-refractivity contribution in [3.63, 3.8) is 0 Å². The molecule has 19 heavy (non-hydrogen) atoms. The lowest BCUT2D eigenvalue weighted by Gasteiger charge is -2.08. The summed E-state index contributed by atoms with van der Waals surface area (Å²) in [5.41, 5.74) is 8.57. The summed E-state index contributed by atoms with van der Waals surface area (Å²) in [5.74, 6) is 0.682. The Morgan fingerprint density at radius 2 is 1.63 bits per heavy atom. The zero-order valence-corrected chi connectivity index (χ0v) is 11.5. The number of nitrogen functional groups attached to an aromatic ring is 1. The summed E-state index contributed by atoms with van der Waals surface area (Å²) in [6, 6.07) is 13.3. The van der Waals surface area contributed by atoms with E-state index in [9.17, 15) is 0 Å². The second-order valence-electron chi connectivity index (χ2n) is 4.20. The van der Waals surface area contributed by atoms with E-state index in [1.807, 2.05) is 42.5 Å². The van der Waals surface area contributed by atoms with Gasteiger partial charge in [0.05, 0.1) is 26.0 Å². The van der Waals surface area contributed by atoms with Crippen molar-refractivity contribution >= 4 is 17.3 Å². The molecule has 2 aromatic carbocycles. The van der Waals surface area contributed by atoms with E-state index in [0.29, 0.717) is 24.7 Å². The third-order valence-electron chi connectivity index (χ3n) is 2.74. The Morgan fingerprint density at radius 3 is 2.26 bits per heavy atom. The summed E-state index contributed by atoms with van der Waals surface area (Å²) >= 11 is 5.82. The smallest absolute Gasteiger partial charge is 0.141 e. The lowest BCUT2D eigenvalue weighted by atomic mass is 10.2. The van der Waals surface area contributed by atoms with Gasteiger partial charge in [0.15, 0.2) is 0 Å². The maximum Gasteiger partial charge on any atom is 0.141 e. The largest absolute Gasteiger partial charge is 0.495 e. The van der Waals surface area contributed by atoms with Gasteiger partial charge >= 0.3 is 0 Å². The zero-order chi connectivity index (χ0) is 13.7. The third kappa shape index (κ3) is 3.88. The van der Waals surface area contributed by atoms with Crippen LogP contribution in [0.2, 0.25) is 5.02 Å². The number of nitrogens with two attached hydrogens (primary N) is 1. The van der Waals surface area contributed by atoms with Crippen LogP contribution in [0.25, 0.3) is 0 Å². The molecule has 0 spiro atoms. The van der Waals surface area contributed by atoms with E-state index < -0.39 is 0 Å². The third-order valence-corrected chi connectivity index (χ3v) is 3.00. The van der Waals surface area contributed by atoms with Gasteiger partial charge in [-0.1, -0.05) is 29.8 Å². The van der Waals surface area contributed by atoms with Crippen molar-refractivity contribution in [3.05, 3.63) is 58.6 Å². The molecule has 2 N–H and O–H groups in total. The Hall–Kier alpha value is -1.71. The molecule has 0 aliphatic rings. The lowest BCUT2D eigenvalue weighted by molar-refractivity contribution is 0.107. The SMILES string of the molecule is COc1ccc(COCc2ccc(Cl)cc2)cc1N. The first-order valence-electron chi connectivity index (χ1n) is 5.93. The molecule has 0 aliphatic heterocycles. The minimum absolute atomic E-state index is 0.511. The van der Waals surface area contributed by atoms with Gasteiger partial charge < -0.3 is 15.2 Å². The molecule has 3 nitrogen and oxygen atoms in total. The molecular weight excluding hydrogens is 262 g/mol. The van der Waals surface area contributed by atoms with Crippen molar-refractivity contribution in [1.82, 2.24) is 0 Å². The second-order valence-corrected chi connectivity index (χ2v) is 4.63. The molecule has 0 saturated carbocycles. The summed E-state index contributed by atoms with van der Waals surface area (Å²) in [4.78, 5) is 0. The van der Waals surface area contributed by atoms with Crippen LogP contribution >= 0.6 is 11.6 Å². The van der Waals surface area contributed by atoms with E-state index in [1.54, 1.807) is 7.11 Å². The molecule has 0 saturated heterocycles. The maximum absolute atomic E-state index is 5.84. The van der Waals surface area contributed by atoms with Crippen molar-refractivity contribution in [2.45, 2.75) is 13.2 Å². The molecule has 2 rings (SSSR count). The van der Waals surface area contributed by atoms with Crippen molar-refractivity contribution in [3.8, 4) is 5.75 Å². The van der Waals surface area contributed by atoms with Crippen LogP contribution in [0.4, 0.5) is 5.69 Å². The van der Waals surface area contributed by atoms with Crippen LogP contribution in [-0.4, -0.2) is 7.11 Å². The van der Waals surface area contributed by atoms with E-state index in [1.165, 1.54) is 0 Å². The summed E-state index contributed by atoms with van der Waals surface area (Å²) in [5, 5.41) is 0.728. The van der Waals surface area contributed by atoms with Crippen LogP contribution in [0.5, 0.6) is 5.75 Å². The maximum atomic E-state index is 5.84. The highest BCUT2D eigenvalue weighted by Gasteiger charge is 2.01. The van der Waals surface area contributed by atoms with Crippen LogP contribution in [0.15, 0.2) is 42.5 Å². The minimum atomic E-state index is 0.511. The standard InChI is InChI=1S/C15H16ClNO2/c1-18-15-7-4-12(8-14(15)17)10-19-9-11-2-5-13(16)6-3-11/h2-8H,9-10,17H2,1H3. The quantitative estimate of drug-likeness (QED) is 0.849. The molecule has 0 fully saturated rings. The molecule has 0 bridgehead atoms. The average Bonchev–Trinajstić information content (AvgIpc) is 2.41. The predicted octanol–water partition coefficient (Wildman–Crippen LogP) is 3.65. The fourth-order valence-corrected chi connectivity index (χ4v) is 1.87.